The van der Waals surface area contributed by atoms with Gasteiger partial charge in [-0.05, 0) is 235 Å². The first-order chi connectivity index (χ1) is 39.6. The van der Waals surface area contributed by atoms with Crippen LogP contribution in [0.25, 0.3) is 90.4 Å². The highest BCUT2D eigenvalue weighted by molar-refractivity contribution is 6.12. The Morgan fingerprint density at radius 1 is 0.312 bits per heavy atom. The summed E-state index contributed by atoms with van der Waals surface area (Å²) in [5.74, 6) is 0. The molecule has 0 atom stereocenters. The number of hydrogen-bond donors (Lipinski definition) is 0. The fraction of sp³-hybridized carbons (Fsp3) is 0.128. The van der Waals surface area contributed by atoms with E-state index in [0.717, 1.165) is 77.7 Å². The number of para-hydroxylation sites is 2. The molecule has 0 aliphatic heterocycles. The quantitative estimate of drug-likeness (QED) is 0.120. The van der Waals surface area contributed by atoms with Crippen LogP contribution in [0.5, 0.6) is 0 Å². The van der Waals surface area contributed by atoms with Gasteiger partial charge >= 0.3 is 0 Å². The fourth-order valence-electron chi connectivity index (χ4n) is 13.9. The summed E-state index contributed by atoms with van der Waals surface area (Å²) < 4.78 is 0. The van der Waals surface area contributed by atoms with E-state index in [1.54, 1.807) is 0 Å². The molecule has 3 aliphatic carbocycles. The molecule has 0 amide bonds. The van der Waals surface area contributed by atoms with E-state index in [1.807, 2.05) is 12.2 Å². The second-order valence-corrected chi connectivity index (χ2v) is 21.9. The topological polar surface area (TPSA) is 6.48 Å². The van der Waals surface area contributed by atoms with Crippen LogP contribution in [-0.4, -0.2) is 0 Å². The standard InChI is InChI=1S/C78H64N2/c1-3-63-64(4-2)77(57-29-21-35-61(51-57)79(59-31-7-5-8-32-59)73-45-23-27-53-25-11-13-37-65(53)73)70-42-18-15-39-67(70)75(63)55-47-49-56(50-48-55)76-68-40-16-19-43-71(68)78(72-44-20-17-41-69(72)76)58-30-22-36-62(52-58)80(60-33-9-6-10-34-60)74-46-24-28-54-26-12-14-38-66(54)74/h3-10,15-16,18-19,21-24,27-36,39-52H,1-2,11-14,17,20,25-26,37-38H2. The van der Waals surface area contributed by atoms with Gasteiger partial charge < -0.3 is 9.80 Å². The molecule has 11 aromatic carbocycles. The van der Waals surface area contributed by atoms with Crippen LogP contribution in [0.2, 0.25) is 0 Å². The molecule has 0 fully saturated rings. The van der Waals surface area contributed by atoms with Crippen LogP contribution in [0.15, 0.2) is 232 Å². The number of benzene rings is 11. The van der Waals surface area contributed by atoms with E-state index >= 15 is 0 Å². The van der Waals surface area contributed by atoms with E-state index in [-0.39, 0.29) is 0 Å². The largest absolute Gasteiger partial charge is 0.310 e. The zero-order valence-electron chi connectivity index (χ0n) is 45.5. The normalized spacial score (nSPS) is 13.6. The summed E-state index contributed by atoms with van der Waals surface area (Å²) in [5.41, 5.74) is 24.9. The summed E-state index contributed by atoms with van der Waals surface area (Å²) in [6, 6.07) is 81.4. The molecule has 0 aromatic heterocycles. The molecule has 2 nitrogen and oxygen atoms in total. The van der Waals surface area contributed by atoms with Gasteiger partial charge in [0.1, 0.15) is 0 Å². The van der Waals surface area contributed by atoms with E-state index < -0.39 is 0 Å². The molecule has 80 heavy (non-hydrogen) atoms. The number of hydrogen-bond acceptors (Lipinski definition) is 2. The Balaban J connectivity index is 0.882. The lowest BCUT2D eigenvalue weighted by molar-refractivity contribution is 0.686. The average molecular weight is 1030 g/mol. The van der Waals surface area contributed by atoms with Gasteiger partial charge in [0, 0.05) is 34.1 Å². The lowest BCUT2D eigenvalue weighted by atomic mass is 9.82. The van der Waals surface area contributed by atoms with Gasteiger partial charge in [-0.1, -0.05) is 195 Å². The van der Waals surface area contributed by atoms with E-state index in [0.29, 0.717) is 0 Å². The maximum atomic E-state index is 4.51. The maximum Gasteiger partial charge on any atom is 0.0496 e. The minimum atomic E-state index is 1.00. The van der Waals surface area contributed by atoms with E-state index in [2.05, 4.69) is 253 Å². The first kappa shape index (κ1) is 49.1. The minimum absolute atomic E-state index is 1.00. The summed E-state index contributed by atoms with van der Waals surface area (Å²) in [6.07, 6.45) is 20.5. The predicted octanol–water partition coefficient (Wildman–Crippen LogP) is 20.0. The van der Waals surface area contributed by atoms with Gasteiger partial charge in [-0.3, -0.25) is 0 Å². The molecule has 0 unspecified atom stereocenters. The molecule has 3 aliphatic rings. The summed E-state index contributed by atoms with van der Waals surface area (Å²) in [7, 11) is 0. The van der Waals surface area contributed by atoms with Crippen molar-refractivity contribution in [3.8, 4) is 44.5 Å². The smallest absolute Gasteiger partial charge is 0.0496 e. The third kappa shape index (κ3) is 8.59. The second-order valence-electron chi connectivity index (χ2n) is 21.9. The molecule has 0 bridgehead atoms. The van der Waals surface area contributed by atoms with E-state index in [4.69, 9.17) is 0 Å². The SMILES string of the molecule is C=Cc1c(C=C)c(-c2cccc(N(c3ccccc3)c3cccc4c3CCCC4)c2)c2ccccc2c1-c1ccc(-c2c3c(c(-c4cccc(N(c5ccccc5)c5cccc6c5CCCC6)c4)c4ccccc24)=CCCC=3)cc1. The first-order valence-corrected chi connectivity index (χ1v) is 29.0. The Kier molecular flexibility index (Phi) is 13.0. The van der Waals surface area contributed by atoms with Gasteiger partial charge in [0.2, 0.25) is 0 Å². The molecule has 386 valence electrons. The van der Waals surface area contributed by atoms with E-state index in [1.165, 1.54) is 130 Å². The minimum Gasteiger partial charge on any atom is -0.310 e. The molecule has 0 saturated carbocycles. The van der Waals surface area contributed by atoms with E-state index in [9.17, 15) is 0 Å². The number of aryl methyl sites for hydroxylation is 2. The molecule has 0 spiro atoms. The summed E-state index contributed by atoms with van der Waals surface area (Å²) in [5, 5.41) is 7.54. The van der Waals surface area contributed by atoms with Gasteiger partial charge in [-0.25, -0.2) is 0 Å². The van der Waals surface area contributed by atoms with Crippen molar-refractivity contribution in [1.82, 2.24) is 0 Å². The maximum absolute atomic E-state index is 4.51. The fourth-order valence-corrected chi connectivity index (χ4v) is 13.9. The Morgan fingerprint density at radius 2 is 0.675 bits per heavy atom. The highest BCUT2D eigenvalue weighted by Crippen LogP contribution is 2.47. The van der Waals surface area contributed by atoms with Gasteiger partial charge in [0.15, 0.2) is 0 Å². The molecule has 0 saturated heterocycles. The van der Waals surface area contributed by atoms with Crippen molar-refractivity contribution < 1.29 is 0 Å². The third-order valence-corrected chi connectivity index (χ3v) is 17.4. The van der Waals surface area contributed by atoms with Crippen LogP contribution in [0.4, 0.5) is 34.1 Å². The summed E-state index contributed by atoms with van der Waals surface area (Å²) >= 11 is 0. The highest BCUT2D eigenvalue weighted by atomic mass is 15.2. The molecule has 2 heteroatoms. The van der Waals surface area contributed by atoms with Crippen LogP contribution in [-0.2, 0) is 25.7 Å². The van der Waals surface area contributed by atoms with Crippen molar-refractivity contribution in [3.05, 3.63) is 275 Å². The van der Waals surface area contributed by atoms with Crippen LogP contribution in [0, 0.1) is 0 Å². The molecule has 0 N–H and O–H groups in total. The van der Waals surface area contributed by atoms with Crippen molar-refractivity contribution >= 4 is 80.0 Å². The molecule has 11 aromatic rings. The lowest BCUT2D eigenvalue weighted by Gasteiger charge is -2.30. The highest BCUT2D eigenvalue weighted by Gasteiger charge is 2.25. The van der Waals surface area contributed by atoms with Crippen molar-refractivity contribution in [2.24, 2.45) is 0 Å². The Hall–Kier alpha value is -9.24. The van der Waals surface area contributed by atoms with Crippen LogP contribution < -0.4 is 20.2 Å². The number of nitrogens with zero attached hydrogens (tertiary/aromatic N) is 2. The molecule has 14 rings (SSSR count). The van der Waals surface area contributed by atoms with Crippen molar-refractivity contribution in [1.29, 1.82) is 0 Å². The van der Waals surface area contributed by atoms with Gasteiger partial charge in [0.05, 0.1) is 0 Å². The third-order valence-electron chi connectivity index (χ3n) is 17.4. The van der Waals surface area contributed by atoms with Gasteiger partial charge in [0.25, 0.3) is 0 Å². The molecule has 0 radical (unpaired) electrons. The Labute approximate surface area is 471 Å². The van der Waals surface area contributed by atoms with Crippen molar-refractivity contribution in [2.45, 2.75) is 64.2 Å². The number of anilines is 6. The number of fused-ring (bicyclic) bond motifs is 5. The summed E-state index contributed by atoms with van der Waals surface area (Å²) in [4.78, 5) is 4.96. The first-order valence-electron chi connectivity index (χ1n) is 29.0. The lowest BCUT2D eigenvalue weighted by Crippen LogP contribution is -2.31. The van der Waals surface area contributed by atoms with Crippen LogP contribution in [0.3, 0.4) is 0 Å². The monoisotopic (exact) mass is 1030 g/mol. The van der Waals surface area contributed by atoms with Crippen molar-refractivity contribution in [3.63, 3.8) is 0 Å². The average Bonchev–Trinajstić information content (AvgIpc) is 3.62. The Bertz CT molecular complexity index is 4340. The van der Waals surface area contributed by atoms with Crippen LogP contribution in [0.1, 0.15) is 71.9 Å². The Morgan fingerprint density at radius 3 is 1.14 bits per heavy atom. The second kappa shape index (κ2) is 21.2. The summed E-state index contributed by atoms with van der Waals surface area (Å²) in [6.45, 7) is 9.02. The molecule has 0 heterocycles. The van der Waals surface area contributed by atoms with Crippen LogP contribution >= 0.6 is 0 Å². The zero-order valence-corrected chi connectivity index (χ0v) is 45.5. The van der Waals surface area contributed by atoms with Gasteiger partial charge in [-0.15, -0.1) is 0 Å². The molecular formula is C78H64N2. The molecular weight excluding hydrogens is 965 g/mol. The van der Waals surface area contributed by atoms with Crippen molar-refractivity contribution in [2.75, 3.05) is 9.80 Å². The van der Waals surface area contributed by atoms with Gasteiger partial charge in [-0.2, -0.15) is 0 Å². The number of rotatable bonds is 12. The zero-order chi connectivity index (χ0) is 53.5. The predicted molar refractivity (Wildman–Crippen MR) is 343 cm³/mol.